The van der Waals surface area contributed by atoms with Crippen molar-refractivity contribution in [1.29, 1.82) is 0 Å². The second-order valence-electron chi connectivity index (χ2n) is 5.41. The Morgan fingerprint density at radius 2 is 2.27 bits per heavy atom. The molecular weight excluding hydrogens is 391 g/mol. The Balaban J connectivity index is 0.00000220. The van der Waals surface area contributed by atoms with E-state index in [1.54, 1.807) is 12.3 Å². The lowest BCUT2D eigenvalue weighted by atomic mass is 9.92. The molecule has 0 aromatic carbocycles. The van der Waals surface area contributed by atoms with Crippen molar-refractivity contribution in [1.82, 2.24) is 9.88 Å². The van der Waals surface area contributed by atoms with E-state index in [2.05, 4.69) is 31.1 Å². The van der Waals surface area contributed by atoms with Gasteiger partial charge in [-0.15, -0.1) is 24.8 Å². The van der Waals surface area contributed by atoms with Crippen LogP contribution in [-0.4, -0.2) is 41.5 Å². The van der Waals surface area contributed by atoms with E-state index in [-0.39, 0.29) is 36.8 Å². The van der Waals surface area contributed by atoms with Gasteiger partial charge in [0, 0.05) is 23.3 Å². The number of nitrogens with two attached hydrogens (primary N) is 1. The molecule has 5 nitrogen and oxygen atoms in total. The Morgan fingerprint density at radius 1 is 1.55 bits per heavy atom. The predicted octanol–water partition coefficient (Wildman–Crippen LogP) is 2.69. The van der Waals surface area contributed by atoms with Gasteiger partial charge in [0.1, 0.15) is 5.82 Å². The standard InChI is InChI=1S/C14H21BrN4O.2ClH/c1-10(16)11-3-2-6-19(8-11)9-14(20)18-13-5-4-12(15)7-17-13;;/h4-5,7,10-11H,2-3,6,8-9,16H2,1H3,(H,17,18,20);2*1H. The maximum atomic E-state index is 12.0. The molecule has 1 fully saturated rings. The lowest BCUT2D eigenvalue weighted by Gasteiger charge is -2.34. The largest absolute Gasteiger partial charge is 0.328 e. The lowest BCUT2D eigenvalue weighted by molar-refractivity contribution is -0.117. The van der Waals surface area contributed by atoms with Crippen molar-refractivity contribution >= 4 is 52.5 Å². The number of likely N-dealkylation sites (tertiary alicyclic amines) is 1. The molecule has 0 radical (unpaired) electrons. The van der Waals surface area contributed by atoms with E-state index in [0.29, 0.717) is 18.3 Å². The van der Waals surface area contributed by atoms with Crippen LogP contribution in [0.25, 0.3) is 0 Å². The van der Waals surface area contributed by atoms with Gasteiger partial charge in [0.15, 0.2) is 0 Å². The third-order valence-corrected chi connectivity index (χ3v) is 4.12. The molecule has 1 amide bonds. The van der Waals surface area contributed by atoms with Crippen LogP contribution in [0.4, 0.5) is 5.82 Å². The number of carbonyl (C=O) groups is 1. The Morgan fingerprint density at radius 3 is 2.86 bits per heavy atom. The van der Waals surface area contributed by atoms with E-state index >= 15 is 0 Å². The highest BCUT2D eigenvalue weighted by Crippen LogP contribution is 2.18. The highest BCUT2D eigenvalue weighted by Gasteiger charge is 2.23. The van der Waals surface area contributed by atoms with Gasteiger partial charge in [-0.1, -0.05) is 0 Å². The first kappa shape index (κ1) is 21.6. The van der Waals surface area contributed by atoms with E-state index in [4.69, 9.17) is 5.73 Å². The quantitative estimate of drug-likeness (QED) is 0.795. The molecular formula is C14H23BrCl2N4O. The third kappa shape index (κ3) is 6.79. The first-order valence-electron chi connectivity index (χ1n) is 6.94. The molecule has 0 bridgehead atoms. The molecule has 0 aliphatic carbocycles. The van der Waals surface area contributed by atoms with Gasteiger partial charge in [-0.05, 0) is 60.3 Å². The monoisotopic (exact) mass is 412 g/mol. The van der Waals surface area contributed by atoms with Crippen LogP contribution in [0.15, 0.2) is 22.8 Å². The molecule has 2 unspecified atom stereocenters. The SMILES string of the molecule is CC(N)C1CCCN(CC(=O)Nc2ccc(Br)cn2)C1.Cl.Cl. The minimum atomic E-state index is -0.0230. The first-order chi connectivity index (χ1) is 9.54. The van der Waals surface area contributed by atoms with Gasteiger partial charge in [0.25, 0.3) is 0 Å². The van der Waals surface area contributed by atoms with Crippen LogP contribution < -0.4 is 11.1 Å². The van der Waals surface area contributed by atoms with Crippen LogP contribution in [0.1, 0.15) is 19.8 Å². The molecule has 0 spiro atoms. The summed E-state index contributed by atoms with van der Waals surface area (Å²) in [5.41, 5.74) is 5.96. The average Bonchev–Trinajstić information content (AvgIpc) is 2.41. The van der Waals surface area contributed by atoms with Gasteiger partial charge >= 0.3 is 0 Å². The number of nitrogens with one attached hydrogen (secondary N) is 1. The van der Waals surface area contributed by atoms with Gasteiger partial charge < -0.3 is 11.1 Å². The Hall–Kier alpha value is -0.400. The zero-order valence-corrected chi connectivity index (χ0v) is 15.7. The molecule has 1 aliphatic rings. The Bertz CT molecular complexity index is 459. The number of rotatable bonds is 4. The van der Waals surface area contributed by atoms with Crippen molar-refractivity contribution < 1.29 is 4.79 Å². The fourth-order valence-corrected chi connectivity index (χ4v) is 2.73. The summed E-state index contributed by atoms with van der Waals surface area (Å²) < 4.78 is 0.895. The van der Waals surface area contributed by atoms with E-state index in [1.165, 1.54) is 0 Å². The van der Waals surface area contributed by atoms with E-state index in [1.807, 2.05) is 13.0 Å². The van der Waals surface area contributed by atoms with Crippen molar-refractivity contribution in [2.24, 2.45) is 11.7 Å². The fourth-order valence-electron chi connectivity index (χ4n) is 2.50. The van der Waals surface area contributed by atoms with Gasteiger partial charge in [-0.3, -0.25) is 9.69 Å². The van der Waals surface area contributed by atoms with Crippen LogP contribution in [0, 0.1) is 5.92 Å². The summed E-state index contributed by atoms with van der Waals surface area (Å²) >= 11 is 3.32. The summed E-state index contributed by atoms with van der Waals surface area (Å²) in [6, 6.07) is 3.83. The van der Waals surface area contributed by atoms with E-state index in [0.717, 1.165) is 30.4 Å². The molecule has 2 atom stereocenters. The lowest BCUT2D eigenvalue weighted by Crippen LogP contribution is -2.45. The van der Waals surface area contributed by atoms with Crippen molar-refractivity contribution in [3.63, 3.8) is 0 Å². The fraction of sp³-hybridized carbons (Fsp3) is 0.571. The summed E-state index contributed by atoms with van der Waals surface area (Å²) in [5.74, 6) is 1.05. The molecule has 0 saturated carbocycles. The molecule has 1 aromatic heterocycles. The van der Waals surface area contributed by atoms with Crippen LogP contribution in [0.5, 0.6) is 0 Å². The number of hydrogen-bond acceptors (Lipinski definition) is 4. The number of nitrogens with zero attached hydrogens (tertiary/aromatic N) is 2. The maximum absolute atomic E-state index is 12.0. The zero-order valence-electron chi connectivity index (χ0n) is 12.5. The summed E-state index contributed by atoms with van der Waals surface area (Å²) in [4.78, 5) is 18.3. The molecule has 1 aromatic rings. The highest BCUT2D eigenvalue weighted by molar-refractivity contribution is 9.10. The van der Waals surface area contributed by atoms with Gasteiger partial charge in [0.05, 0.1) is 6.54 Å². The molecule has 22 heavy (non-hydrogen) atoms. The smallest absolute Gasteiger partial charge is 0.239 e. The first-order valence-corrected chi connectivity index (χ1v) is 7.73. The number of pyridine rings is 1. The minimum Gasteiger partial charge on any atom is -0.328 e. The normalized spacial score (nSPS) is 19.5. The number of amides is 1. The summed E-state index contributed by atoms with van der Waals surface area (Å²) in [6.07, 6.45) is 3.93. The number of anilines is 1. The highest BCUT2D eigenvalue weighted by atomic mass is 79.9. The van der Waals surface area contributed by atoms with Crippen molar-refractivity contribution in [2.45, 2.75) is 25.8 Å². The molecule has 2 rings (SSSR count). The molecule has 1 saturated heterocycles. The average molecular weight is 414 g/mol. The van der Waals surface area contributed by atoms with E-state index in [9.17, 15) is 4.79 Å². The van der Waals surface area contributed by atoms with Crippen LogP contribution >= 0.6 is 40.7 Å². The number of hydrogen-bond donors (Lipinski definition) is 2. The summed E-state index contributed by atoms with van der Waals surface area (Å²) in [6.45, 7) is 4.31. The van der Waals surface area contributed by atoms with Gasteiger partial charge in [0.2, 0.25) is 5.91 Å². The second-order valence-corrected chi connectivity index (χ2v) is 6.32. The topological polar surface area (TPSA) is 71.2 Å². The predicted molar refractivity (Wildman–Crippen MR) is 97.9 cm³/mol. The second kappa shape index (κ2) is 10.4. The number of aromatic nitrogens is 1. The van der Waals surface area contributed by atoms with Gasteiger partial charge in [-0.25, -0.2) is 4.98 Å². The van der Waals surface area contributed by atoms with Crippen molar-refractivity contribution in [2.75, 3.05) is 25.0 Å². The van der Waals surface area contributed by atoms with Gasteiger partial charge in [-0.2, -0.15) is 0 Å². The molecule has 2 heterocycles. The summed E-state index contributed by atoms with van der Waals surface area (Å²) in [7, 11) is 0. The molecule has 3 N–H and O–H groups in total. The van der Waals surface area contributed by atoms with Crippen LogP contribution in [0.2, 0.25) is 0 Å². The Labute approximate surface area is 152 Å². The number of carbonyl (C=O) groups excluding carboxylic acids is 1. The minimum absolute atomic E-state index is 0. The molecule has 126 valence electrons. The summed E-state index contributed by atoms with van der Waals surface area (Å²) in [5, 5.41) is 2.82. The number of halogens is 3. The number of piperidine rings is 1. The van der Waals surface area contributed by atoms with Crippen LogP contribution in [0.3, 0.4) is 0 Å². The van der Waals surface area contributed by atoms with Crippen molar-refractivity contribution in [3.05, 3.63) is 22.8 Å². The third-order valence-electron chi connectivity index (χ3n) is 3.65. The van der Waals surface area contributed by atoms with E-state index < -0.39 is 0 Å². The zero-order chi connectivity index (χ0) is 14.5. The molecule has 8 heteroatoms. The molecule has 1 aliphatic heterocycles. The Kier molecular flexibility index (Phi) is 10.2. The van der Waals surface area contributed by atoms with Crippen molar-refractivity contribution in [3.8, 4) is 0 Å². The van der Waals surface area contributed by atoms with Crippen LogP contribution in [-0.2, 0) is 4.79 Å². The maximum Gasteiger partial charge on any atom is 0.239 e.